The predicted octanol–water partition coefficient (Wildman–Crippen LogP) is 4.65. The normalized spacial score (nSPS) is 17.1. The Bertz CT molecular complexity index is 2120. The molecule has 3 aromatic carbocycles. The van der Waals surface area contributed by atoms with Crippen molar-refractivity contribution in [3.63, 3.8) is 0 Å². The van der Waals surface area contributed by atoms with Gasteiger partial charge in [-0.2, -0.15) is 5.10 Å². The Morgan fingerprint density at radius 1 is 1.02 bits per heavy atom. The number of rotatable bonds is 12. The zero-order valence-electron chi connectivity index (χ0n) is 27.9. The highest BCUT2D eigenvalue weighted by Gasteiger charge is 2.55. The van der Waals surface area contributed by atoms with E-state index in [-0.39, 0.29) is 22.2 Å². The molecule has 0 aliphatic carbocycles. The number of oxime groups is 1. The summed E-state index contributed by atoms with van der Waals surface area (Å²) in [6.07, 6.45) is -0.734. The number of thioether (sulfide) groups is 2. The predicted molar refractivity (Wildman–Crippen MR) is 200 cm³/mol. The second kappa shape index (κ2) is 15.4. The fourth-order valence-electron chi connectivity index (χ4n) is 5.79. The second-order valence-electron chi connectivity index (χ2n) is 11.6. The highest BCUT2D eigenvalue weighted by molar-refractivity contribution is 8.01. The van der Waals surface area contributed by atoms with Gasteiger partial charge in [0.2, 0.25) is 0 Å². The van der Waals surface area contributed by atoms with Gasteiger partial charge in [0.25, 0.3) is 11.8 Å². The first-order valence-electron chi connectivity index (χ1n) is 16.0. The van der Waals surface area contributed by atoms with Gasteiger partial charge in [0.05, 0.1) is 0 Å². The first-order chi connectivity index (χ1) is 25.3. The molecule has 13 nitrogen and oxygen atoms in total. The number of fused-ring (bicyclic) bond motifs is 1. The summed E-state index contributed by atoms with van der Waals surface area (Å²) in [6.45, 7) is 0. The summed E-state index contributed by atoms with van der Waals surface area (Å²) in [5.74, 6) is -0.466. The molecular weight excluding hydrogens is 721 g/mol. The average Bonchev–Trinajstić information content (AvgIpc) is 3.78. The van der Waals surface area contributed by atoms with Crippen molar-refractivity contribution in [2.45, 2.75) is 22.7 Å². The zero-order chi connectivity index (χ0) is 36.2. The molecule has 16 heteroatoms. The minimum absolute atomic E-state index is 0.123. The average molecular weight is 753 g/mol. The molecule has 0 saturated carbocycles. The molecule has 52 heavy (non-hydrogen) atoms. The number of aryl methyl sites for hydroxylation is 1. The Balaban J connectivity index is 1.18. The molecule has 5 aromatic rings. The maximum Gasteiger partial charge on any atom is 0.356 e. The van der Waals surface area contributed by atoms with Gasteiger partial charge in [0, 0.05) is 29.5 Å². The molecule has 4 heterocycles. The lowest BCUT2D eigenvalue weighted by Crippen LogP contribution is -2.71. The van der Waals surface area contributed by atoms with Crippen LogP contribution in [0.2, 0.25) is 0 Å². The summed E-state index contributed by atoms with van der Waals surface area (Å²) in [4.78, 5) is 56.9. The smallest absolute Gasteiger partial charge is 0.356 e. The number of benzene rings is 3. The third kappa shape index (κ3) is 7.17. The fraction of sp³-hybridized carbons (Fsp3) is 0.194. The maximum absolute atomic E-state index is 14.4. The van der Waals surface area contributed by atoms with E-state index in [1.807, 2.05) is 98.0 Å². The van der Waals surface area contributed by atoms with Crippen molar-refractivity contribution in [1.82, 2.24) is 30.0 Å². The van der Waals surface area contributed by atoms with Crippen molar-refractivity contribution in [3.05, 3.63) is 124 Å². The third-order valence-corrected chi connectivity index (χ3v) is 11.4. The number of aromatic nitrogens is 4. The van der Waals surface area contributed by atoms with Gasteiger partial charge >= 0.3 is 5.97 Å². The zero-order valence-corrected chi connectivity index (χ0v) is 30.4. The number of nitrogens with one attached hydrogen (secondary N) is 1. The Morgan fingerprint density at radius 2 is 1.67 bits per heavy atom. The number of carbonyl (C=O) groups excluding carboxylic acids is 3. The van der Waals surface area contributed by atoms with E-state index >= 15 is 0 Å². The van der Waals surface area contributed by atoms with Crippen molar-refractivity contribution >= 4 is 63.5 Å². The molecule has 3 N–H and O–H groups in total. The van der Waals surface area contributed by atoms with Crippen LogP contribution in [0.15, 0.2) is 118 Å². The number of hydrogen-bond donors (Lipinski definition) is 2. The van der Waals surface area contributed by atoms with Crippen LogP contribution in [0.5, 0.6) is 0 Å². The molecule has 2 aromatic heterocycles. The highest BCUT2D eigenvalue weighted by atomic mass is 32.2. The van der Waals surface area contributed by atoms with E-state index in [9.17, 15) is 14.4 Å². The standard InChI is InChI=1S/C36H32N8O5S3/c1-43-36(40-30(41-43)23-16-10-5-11-17-23)52-19-24-18-50-33-27(39-31(45)26(42-48-2)25-20-51-35(37)38-25)32(46)44(33)28(24)34(47)49-29(21-12-6-3-7-13-21)22-14-8-4-9-15-22/h3-17,20,27,29,33H,18-19H2,1-2H3,(H2,37,38)(H,39,45)/b42-26+/t27-,33?/m1/s1. The second-order valence-corrected chi connectivity index (χ2v) is 14.5. The number of carbonyl (C=O) groups is 3. The molecule has 1 saturated heterocycles. The number of hydrogen-bond acceptors (Lipinski definition) is 13. The lowest BCUT2D eigenvalue weighted by molar-refractivity contribution is -0.154. The first kappa shape index (κ1) is 35.0. The fourth-order valence-corrected chi connectivity index (χ4v) is 8.73. The van der Waals surface area contributed by atoms with Crippen LogP contribution in [-0.4, -0.2) is 78.2 Å². The number of thiazole rings is 1. The lowest BCUT2D eigenvalue weighted by atomic mass is 10.0. The van der Waals surface area contributed by atoms with Gasteiger partial charge < -0.3 is 20.6 Å². The van der Waals surface area contributed by atoms with E-state index in [0.29, 0.717) is 28.1 Å². The lowest BCUT2D eigenvalue weighted by Gasteiger charge is -2.49. The monoisotopic (exact) mass is 752 g/mol. The Labute approximate surface area is 311 Å². The Morgan fingerprint density at radius 3 is 2.29 bits per heavy atom. The molecule has 7 rings (SSSR count). The number of anilines is 1. The molecule has 0 spiro atoms. The van der Waals surface area contributed by atoms with E-state index in [2.05, 4.69) is 20.6 Å². The first-order valence-corrected chi connectivity index (χ1v) is 18.9. The molecule has 0 radical (unpaired) electrons. The van der Waals surface area contributed by atoms with Crippen LogP contribution >= 0.6 is 34.9 Å². The number of nitrogens with zero attached hydrogens (tertiary/aromatic N) is 6. The topological polar surface area (TPSA) is 167 Å². The van der Waals surface area contributed by atoms with Crippen LogP contribution in [-0.2, 0) is 31.0 Å². The SMILES string of the molecule is CO/N=C(/C(=O)N[C@@H]1C(=O)N2C(C(=O)OC(c3ccccc3)c3ccccc3)=C(CSc3nc(-c4ccccc4)nn3C)CSC12)c1csc(N)n1. The van der Waals surface area contributed by atoms with E-state index < -0.39 is 35.3 Å². The van der Waals surface area contributed by atoms with Crippen LogP contribution in [0, 0.1) is 0 Å². The van der Waals surface area contributed by atoms with E-state index in [1.165, 1.54) is 35.5 Å². The highest BCUT2D eigenvalue weighted by Crippen LogP contribution is 2.43. The number of esters is 1. The molecule has 2 atom stereocenters. The molecule has 2 aliphatic heterocycles. The van der Waals surface area contributed by atoms with E-state index in [0.717, 1.165) is 28.0 Å². The number of β-lactam (4-membered cyclic amide) rings is 1. The number of nitrogens with two attached hydrogens (primary N) is 1. The van der Waals surface area contributed by atoms with Crippen molar-refractivity contribution in [2.24, 2.45) is 12.2 Å². The van der Waals surface area contributed by atoms with Crippen LogP contribution in [0.3, 0.4) is 0 Å². The summed E-state index contributed by atoms with van der Waals surface area (Å²) in [5.41, 5.74) is 9.15. The van der Waals surface area contributed by atoms with Crippen LogP contribution in [0.25, 0.3) is 11.4 Å². The summed E-state index contributed by atoms with van der Waals surface area (Å²) < 4.78 is 7.99. The van der Waals surface area contributed by atoms with Gasteiger partial charge in [-0.1, -0.05) is 108 Å². The number of amides is 2. The molecule has 1 unspecified atom stereocenters. The van der Waals surface area contributed by atoms with Crippen LogP contribution < -0.4 is 11.1 Å². The summed E-state index contributed by atoms with van der Waals surface area (Å²) in [5, 5.41) is 13.1. The van der Waals surface area contributed by atoms with Crippen molar-refractivity contribution in [3.8, 4) is 11.4 Å². The van der Waals surface area contributed by atoms with Crippen molar-refractivity contribution in [2.75, 3.05) is 24.3 Å². The van der Waals surface area contributed by atoms with Crippen LogP contribution in [0.1, 0.15) is 22.9 Å². The molecule has 0 bridgehead atoms. The molecule has 2 amide bonds. The maximum atomic E-state index is 14.4. The van der Waals surface area contributed by atoms with Crippen molar-refractivity contribution in [1.29, 1.82) is 0 Å². The largest absolute Gasteiger partial charge is 0.448 e. The molecule has 1 fully saturated rings. The van der Waals surface area contributed by atoms with Gasteiger partial charge in [-0.05, 0) is 16.7 Å². The van der Waals surface area contributed by atoms with Gasteiger partial charge in [-0.25, -0.2) is 19.4 Å². The molecule has 2 aliphatic rings. The van der Waals surface area contributed by atoms with Gasteiger partial charge in [0.15, 0.2) is 27.9 Å². The van der Waals surface area contributed by atoms with Crippen LogP contribution in [0.4, 0.5) is 5.13 Å². The quantitative estimate of drug-likeness (QED) is 0.0599. The van der Waals surface area contributed by atoms with Gasteiger partial charge in [-0.15, -0.1) is 23.1 Å². The third-order valence-electron chi connectivity index (χ3n) is 8.25. The Hall–Kier alpha value is -5.45. The number of ether oxygens (including phenoxy) is 1. The van der Waals surface area contributed by atoms with E-state index in [4.69, 9.17) is 20.3 Å². The van der Waals surface area contributed by atoms with E-state index in [1.54, 1.807) is 10.1 Å². The van der Waals surface area contributed by atoms with Crippen molar-refractivity contribution < 1.29 is 24.0 Å². The summed E-state index contributed by atoms with van der Waals surface area (Å²) in [6, 6.07) is 27.6. The molecular formula is C36H32N8O5S3. The minimum atomic E-state index is -0.946. The summed E-state index contributed by atoms with van der Waals surface area (Å²) >= 11 is 3.99. The summed E-state index contributed by atoms with van der Waals surface area (Å²) in [7, 11) is 3.12. The van der Waals surface area contributed by atoms with Gasteiger partial charge in [0.1, 0.15) is 29.9 Å². The minimum Gasteiger partial charge on any atom is -0.448 e. The number of nitrogen functional groups attached to an aromatic ring is 1. The van der Waals surface area contributed by atoms with Gasteiger partial charge in [-0.3, -0.25) is 14.5 Å². The Kier molecular flexibility index (Phi) is 10.4. The molecule has 264 valence electrons.